The van der Waals surface area contributed by atoms with Gasteiger partial charge in [-0.25, -0.2) is 4.98 Å². The molecule has 8 aromatic carbocycles. The van der Waals surface area contributed by atoms with Gasteiger partial charge in [-0.05, 0) is 89.7 Å². The topological polar surface area (TPSA) is 119 Å². The average Bonchev–Trinajstić information content (AvgIpc) is 3.78. The van der Waals surface area contributed by atoms with E-state index >= 15 is 0 Å². The quantitative estimate of drug-likeness (QED) is 0.0749. The van der Waals surface area contributed by atoms with Gasteiger partial charge in [0.2, 0.25) is 0 Å². The van der Waals surface area contributed by atoms with Crippen molar-refractivity contribution in [1.82, 2.24) is 9.55 Å². The third-order valence-electron chi connectivity index (χ3n) is 12.2. The van der Waals surface area contributed by atoms with E-state index in [1.54, 1.807) is 34.9 Å². The summed E-state index contributed by atoms with van der Waals surface area (Å²) in [6.45, 7) is 0. The normalized spacial score (nSPS) is 15.1. The minimum Gasteiger partial charge on any atom is -0.509 e. The van der Waals surface area contributed by atoms with Crippen LogP contribution in [0.5, 0.6) is 11.5 Å². The van der Waals surface area contributed by atoms with Crippen molar-refractivity contribution < 1.29 is 25.5 Å². The van der Waals surface area contributed by atoms with Gasteiger partial charge in [0.05, 0.1) is 22.1 Å². The molecule has 1 aliphatic carbocycles. The highest BCUT2D eigenvalue weighted by molar-refractivity contribution is 6.54. The molecule has 12 radical (unpaired) electrons. The first-order chi connectivity index (χ1) is 29.1. The van der Waals surface area contributed by atoms with Gasteiger partial charge in [0.15, 0.2) is 7.85 Å². The molecule has 0 spiro atoms. The van der Waals surface area contributed by atoms with E-state index in [1.165, 1.54) is 0 Å². The zero-order valence-electron chi connectivity index (χ0n) is 32.4. The third kappa shape index (κ3) is 5.40. The zero-order chi connectivity index (χ0) is 42.7. The van der Waals surface area contributed by atoms with Gasteiger partial charge < -0.3 is 25.5 Å². The van der Waals surface area contributed by atoms with Crippen LogP contribution in [0.15, 0.2) is 140 Å². The van der Waals surface area contributed by atoms with Crippen molar-refractivity contribution in [2.45, 2.75) is 16.5 Å². The highest BCUT2D eigenvalue weighted by Crippen LogP contribution is 2.58. The number of aromatic hydroxyl groups is 2. The van der Waals surface area contributed by atoms with Crippen molar-refractivity contribution in [2.24, 2.45) is 0 Å². The van der Waals surface area contributed by atoms with Crippen LogP contribution >= 0.6 is 0 Å². The Morgan fingerprint density at radius 2 is 1.00 bits per heavy atom. The maximum absolute atomic E-state index is 11.4. The van der Waals surface area contributed by atoms with Gasteiger partial charge in [-0.1, -0.05) is 132 Å². The molecular weight excluding hydrogens is 749 g/mol. The Morgan fingerprint density at radius 3 is 1.61 bits per heavy atom. The van der Waals surface area contributed by atoms with Gasteiger partial charge >= 0.3 is 0 Å². The van der Waals surface area contributed by atoms with E-state index in [9.17, 15) is 25.5 Å². The summed E-state index contributed by atoms with van der Waals surface area (Å²) in [5.41, 5.74) is 1.24. The minimum absolute atomic E-state index is 0.0509. The number of aliphatic hydroxyl groups is 3. The summed E-state index contributed by atoms with van der Waals surface area (Å²) in [7, 11) is 37.2. The molecule has 0 saturated carbocycles. The van der Waals surface area contributed by atoms with Crippen molar-refractivity contribution in [1.29, 1.82) is 0 Å². The van der Waals surface area contributed by atoms with Crippen LogP contribution in [0.2, 0.25) is 0 Å². The first-order valence-corrected chi connectivity index (χ1v) is 19.3. The second-order valence-corrected chi connectivity index (χ2v) is 15.6. The van der Waals surface area contributed by atoms with Crippen LogP contribution in [-0.4, -0.2) is 93.2 Å². The molecule has 0 fully saturated rings. The Morgan fingerprint density at radius 1 is 0.508 bits per heavy atom. The molecule has 1 aliphatic rings. The number of nitrogens with zero attached hydrogens (tertiary/aromatic N) is 2. The number of hydrogen-bond acceptors (Lipinski definition) is 6. The summed E-state index contributed by atoms with van der Waals surface area (Å²) < 4.78 is 1.66. The molecular formula is C48H28B6N2O5. The predicted molar refractivity (Wildman–Crippen MR) is 247 cm³/mol. The van der Waals surface area contributed by atoms with Crippen LogP contribution in [0.4, 0.5) is 0 Å². The third-order valence-corrected chi connectivity index (χ3v) is 12.2. The predicted octanol–water partition coefficient (Wildman–Crippen LogP) is 4.18. The van der Waals surface area contributed by atoms with E-state index in [0.717, 1.165) is 38.2 Å². The lowest BCUT2D eigenvalue weighted by atomic mass is 9.42. The smallest absolute Gasteiger partial charge is 0.155 e. The summed E-state index contributed by atoms with van der Waals surface area (Å²) in [4.78, 5) is 4.92. The molecule has 13 heteroatoms. The second-order valence-electron chi connectivity index (χ2n) is 15.6. The maximum atomic E-state index is 11.4. The molecule has 278 valence electrons. The zero-order valence-corrected chi connectivity index (χ0v) is 32.4. The number of aromatic nitrogens is 2. The first kappa shape index (κ1) is 38.8. The van der Waals surface area contributed by atoms with E-state index in [-0.39, 0.29) is 39.0 Å². The summed E-state index contributed by atoms with van der Waals surface area (Å²) in [5.74, 6) is -0.389. The average molecular weight is 778 g/mol. The monoisotopic (exact) mass is 778 g/mol. The van der Waals surface area contributed by atoms with Crippen LogP contribution in [0.25, 0.3) is 83.0 Å². The van der Waals surface area contributed by atoms with Crippen LogP contribution in [-0.2, 0) is 5.41 Å². The summed E-state index contributed by atoms with van der Waals surface area (Å²) in [6, 6.07) is 43.8. The Bertz CT molecular complexity index is 3200. The van der Waals surface area contributed by atoms with Crippen molar-refractivity contribution in [3.8, 4) is 62.0 Å². The van der Waals surface area contributed by atoms with Crippen LogP contribution in [0, 0.1) is 0 Å². The molecule has 7 nitrogen and oxygen atoms in total. The maximum Gasteiger partial charge on any atom is 0.155 e. The van der Waals surface area contributed by atoms with Gasteiger partial charge in [0, 0.05) is 11.0 Å². The van der Waals surface area contributed by atoms with Crippen LogP contribution < -0.4 is 16.4 Å². The molecule has 1 heterocycles. The van der Waals surface area contributed by atoms with Crippen LogP contribution in [0.1, 0.15) is 11.1 Å². The lowest BCUT2D eigenvalue weighted by molar-refractivity contribution is -0.155. The fourth-order valence-corrected chi connectivity index (χ4v) is 9.53. The number of imidazole rings is 1. The highest BCUT2D eigenvalue weighted by Gasteiger charge is 2.61. The largest absolute Gasteiger partial charge is 0.509 e. The summed E-state index contributed by atoms with van der Waals surface area (Å²) in [6.07, 6.45) is 0. The van der Waals surface area contributed by atoms with Crippen molar-refractivity contribution in [2.75, 3.05) is 0 Å². The first-order valence-electron chi connectivity index (χ1n) is 19.3. The molecule has 5 N–H and O–H groups in total. The van der Waals surface area contributed by atoms with E-state index in [1.807, 2.05) is 97.1 Å². The minimum atomic E-state index is -3.08. The molecule has 1 aromatic heterocycles. The standard InChI is InChI=1S/C48H28B6N2O5/c49-39-40(50)44(58)42(41(51)43(39)57)56-36-16-8-7-15-35(36)55-45(56)25-19-17-24(18-20-25)37-29-10-1-3-12-31(29)38(32-13-4-2-11-30(32)37)26-21-22-28-27-9-5-6-14-33(27)46(34(28)23-26,47(52,53)59)48(54,60)61/h1-23,57-61H. The van der Waals surface area contributed by atoms with Gasteiger partial charge in [-0.2, -0.15) is 0 Å². The number of rotatable bonds is 6. The van der Waals surface area contributed by atoms with Gasteiger partial charge in [0.25, 0.3) is 0 Å². The molecule has 10 rings (SSSR count). The number of fused-ring (bicyclic) bond motifs is 6. The lowest BCUT2D eigenvalue weighted by Gasteiger charge is -2.50. The van der Waals surface area contributed by atoms with Gasteiger partial charge in [-0.15, -0.1) is 0 Å². The molecule has 61 heavy (non-hydrogen) atoms. The van der Waals surface area contributed by atoms with Crippen molar-refractivity contribution in [3.63, 3.8) is 0 Å². The van der Waals surface area contributed by atoms with E-state index in [0.29, 0.717) is 39.1 Å². The Kier molecular flexibility index (Phi) is 8.63. The number of benzene rings is 8. The molecule has 9 aromatic rings. The van der Waals surface area contributed by atoms with Crippen molar-refractivity contribution >= 4 is 96.0 Å². The van der Waals surface area contributed by atoms with E-state index in [2.05, 4.69) is 12.1 Å². The van der Waals surface area contributed by atoms with Gasteiger partial charge in [0.1, 0.15) is 62.2 Å². The Labute approximate surface area is 358 Å². The highest BCUT2D eigenvalue weighted by atomic mass is 16.5. The number of hydrogen-bond donors (Lipinski definition) is 5. The van der Waals surface area contributed by atoms with Crippen molar-refractivity contribution in [3.05, 3.63) is 151 Å². The SMILES string of the molecule is [B]c1c([B])c(O)c(-n2c(-c3ccc(-c4c5ccccc5c(-c5ccc6c(c5)C(C([B])([B])O)(C([B])(O)O)c5ccccc5-6)c5ccccc45)cc3)nc3ccccc32)c([B])c1O. The molecule has 0 saturated heterocycles. The fourth-order valence-electron chi connectivity index (χ4n) is 9.53. The summed E-state index contributed by atoms with van der Waals surface area (Å²) in [5, 5.41) is 57.1. The molecule has 0 bridgehead atoms. The Hall–Kier alpha value is -6.38. The second kappa shape index (κ2) is 13.6. The summed E-state index contributed by atoms with van der Waals surface area (Å²) >= 11 is 0. The fraction of sp³-hybridized carbons (Fsp3) is 0.0625. The molecule has 0 amide bonds. The Balaban J connectivity index is 1.17. The molecule has 1 unspecified atom stereocenters. The molecule has 1 atom stereocenters. The van der Waals surface area contributed by atoms with E-state index < -0.39 is 22.3 Å². The number of phenolic OH excluding ortho intramolecular Hbond substituents is 2. The van der Waals surface area contributed by atoms with Crippen LogP contribution in [0.3, 0.4) is 0 Å². The lowest BCUT2D eigenvalue weighted by Crippen LogP contribution is -2.66. The van der Waals surface area contributed by atoms with E-state index in [4.69, 9.17) is 52.1 Å². The number of para-hydroxylation sites is 2. The number of phenols is 2. The molecule has 0 aliphatic heterocycles. The van der Waals surface area contributed by atoms with Gasteiger partial charge in [-0.3, -0.25) is 4.57 Å².